The zero-order valence-electron chi connectivity index (χ0n) is 16.7. The Morgan fingerprint density at radius 3 is 2.33 bits per heavy atom. The second-order valence-corrected chi connectivity index (χ2v) is 7.47. The average Bonchev–Trinajstić information content (AvgIpc) is 3.03. The van der Waals surface area contributed by atoms with E-state index in [9.17, 15) is 9.59 Å². The van der Waals surface area contributed by atoms with E-state index in [-0.39, 0.29) is 17.9 Å². The third kappa shape index (κ3) is 4.42. The van der Waals surface area contributed by atoms with Crippen LogP contribution in [0.15, 0.2) is 18.3 Å². The fraction of sp³-hybridized carbons (Fsp3) is 0.667. The van der Waals surface area contributed by atoms with Gasteiger partial charge in [-0.05, 0) is 51.7 Å². The van der Waals surface area contributed by atoms with Gasteiger partial charge in [-0.2, -0.15) is 0 Å². The highest BCUT2D eigenvalue weighted by molar-refractivity contribution is 5.97. The zero-order valence-corrected chi connectivity index (χ0v) is 16.7. The number of rotatable bonds is 5. The zero-order chi connectivity index (χ0) is 19.2. The molecule has 0 saturated carbocycles. The van der Waals surface area contributed by atoms with Gasteiger partial charge in [0.05, 0.1) is 5.56 Å². The number of aromatic nitrogens is 1. The van der Waals surface area contributed by atoms with Gasteiger partial charge in [0.15, 0.2) is 0 Å². The number of anilines is 1. The van der Waals surface area contributed by atoms with Gasteiger partial charge >= 0.3 is 0 Å². The molecule has 0 aliphatic carbocycles. The molecule has 0 aromatic carbocycles. The lowest BCUT2D eigenvalue weighted by Crippen LogP contribution is -2.47. The second kappa shape index (κ2) is 9.20. The molecule has 0 radical (unpaired) electrons. The van der Waals surface area contributed by atoms with Gasteiger partial charge in [0, 0.05) is 38.9 Å². The first-order valence-corrected chi connectivity index (χ1v) is 10.5. The van der Waals surface area contributed by atoms with Crippen LogP contribution in [-0.4, -0.2) is 65.4 Å². The third-order valence-electron chi connectivity index (χ3n) is 5.80. The largest absolute Gasteiger partial charge is 0.357 e. The predicted molar refractivity (Wildman–Crippen MR) is 107 cm³/mol. The maximum atomic E-state index is 13.0. The minimum absolute atomic E-state index is 0.0694. The number of amides is 2. The summed E-state index contributed by atoms with van der Waals surface area (Å²) < 4.78 is 0. The molecule has 2 saturated heterocycles. The number of pyridine rings is 1. The van der Waals surface area contributed by atoms with Gasteiger partial charge in [-0.1, -0.05) is 12.8 Å². The van der Waals surface area contributed by atoms with E-state index in [2.05, 4.69) is 9.88 Å². The summed E-state index contributed by atoms with van der Waals surface area (Å²) in [6.07, 6.45) is 8.27. The van der Waals surface area contributed by atoms with Crippen LogP contribution < -0.4 is 4.90 Å². The Kier molecular flexibility index (Phi) is 6.69. The Morgan fingerprint density at radius 1 is 1.04 bits per heavy atom. The van der Waals surface area contributed by atoms with E-state index in [1.54, 1.807) is 11.1 Å². The van der Waals surface area contributed by atoms with Crippen LogP contribution >= 0.6 is 0 Å². The Morgan fingerprint density at radius 2 is 1.74 bits per heavy atom. The van der Waals surface area contributed by atoms with E-state index in [0.29, 0.717) is 25.2 Å². The Hall–Kier alpha value is -2.11. The lowest BCUT2D eigenvalue weighted by Gasteiger charge is -2.29. The average molecular weight is 373 g/mol. The molecule has 1 aromatic rings. The molecular formula is C21H32N4O2. The van der Waals surface area contributed by atoms with E-state index in [1.807, 2.05) is 30.9 Å². The number of carbonyl (C=O) groups is 2. The topological polar surface area (TPSA) is 56.8 Å². The second-order valence-electron chi connectivity index (χ2n) is 7.47. The molecule has 1 aromatic heterocycles. The number of nitrogens with zero attached hydrogens (tertiary/aromatic N) is 4. The molecule has 27 heavy (non-hydrogen) atoms. The maximum Gasteiger partial charge on any atom is 0.256 e. The predicted octanol–water partition coefficient (Wildman–Crippen LogP) is 2.94. The first kappa shape index (κ1) is 19.6. The van der Waals surface area contributed by atoms with E-state index < -0.39 is 0 Å². The van der Waals surface area contributed by atoms with Crippen LogP contribution in [0.25, 0.3) is 0 Å². The molecular weight excluding hydrogens is 340 g/mol. The molecule has 2 amide bonds. The van der Waals surface area contributed by atoms with Gasteiger partial charge in [0.25, 0.3) is 5.91 Å². The Labute approximate surface area is 162 Å². The van der Waals surface area contributed by atoms with Crippen LogP contribution in [0.3, 0.4) is 0 Å². The van der Waals surface area contributed by atoms with Crippen LogP contribution in [0, 0.1) is 0 Å². The number of carbonyl (C=O) groups excluding carboxylic acids is 2. The fourth-order valence-corrected chi connectivity index (χ4v) is 4.18. The molecule has 2 aliphatic heterocycles. The van der Waals surface area contributed by atoms with E-state index in [1.165, 1.54) is 25.7 Å². The van der Waals surface area contributed by atoms with Gasteiger partial charge in [0.1, 0.15) is 11.9 Å². The van der Waals surface area contributed by atoms with Crippen molar-refractivity contribution in [2.45, 2.75) is 58.4 Å². The van der Waals surface area contributed by atoms with Gasteiger partial charge in [-0.25, -0.2) is 4.98 Å². The summed E-state index contributed by atoms with van der Waals surface area (Å²) in [5.74, 6) is 0.943. The minimum atomic E-state index is -0.331. The molecule has 0 spiro atoms. The summed E-state index contributed by atoms with van der Waals surface area (Å²) >= 11 is 0. The molecule has 6 nitrogen and oxygen atoms in total. The molecule has 0 N–H and O–H groups in total. The van der Waals surface area contributed by atoms with Crippen LogP contribution in [0.2, 0.25) is 0 Å². The molecule has 1 atom stereocenters. The van der Waals surface area contributed by atoms with Crippen LogP contribution in [-0.2, 0) is 4.79 Å². The number of hydrogen-bond donors (Lipinski definition) is 0. The Balaban J connectivity index is 1.70. The molecule has 3 rings (SSSR count). The van der Waals surface area contributed by atoms with Crippen LogP contribution in [0.4, 0.5) is 5.82 Å². The van der Waals surface area contributed by atoms with E-state index in [4.69, 9.17) is 0 Å². The molecule has 148 valence electrons. The normalized spacial score (nSPS) is 20.4. The maximum absolute atomic E-state index is 13.0. The fourth-order valence-electron chi connectivity index (χ4n) is 4.18. The molecule has 3 heterocycles. The van der Waals surface area contributed by atoms with Gasteiger partial charge in [-0.3, -0.25) is 9.59 Å². The summed E-state index contributed by atoms with van der Waals surface area (Å²) in [7, 11) is 0. The number of hydrogen-bond acceptors (Lipinski definition) is 4. The van der Waals surface area contributed by atoms with Gasteiger partial charge in [0.2, 0.25) is 5.91 Å². The van der Waals surface area contributed by atoms with Crippen molar-refractivity contribution in [3.8, 4) is 0 Å². The molecule has 0 bridgehead atoms. The monoisotopic (exact) mass is 372 g/mol. The summed E-state index contributed by atoms with van der Waals surface area (Å²) in [6.45, 7) is 8.03. The molecule has 6 heteroatoms. The van der Waals surface area contributed by atoms with Crippen molar-refractivity contribution in [2.24, 2.45) is 0 Å². The van der Waals surface area contributed by atoms with E-state index in [0.717, 1.165) is 31.7 Å². The molecule has 2 fully saturated rings. The summed E-state index contributed by atoms with van der Waals surface area (Å²) in [6, 6.07) is 3.49. The van der Waals surface area contributed by atoms with Gasteiger partial charge < -0.3 is 14.7 Å². The quantitative estimate of drug-likeness (QED) is 0.797. The first-order chi connectivity index (χ1) is 13.2. The highest BCUT2D eigenvalue weighted by Crippen LogP contribution is 2.23. The van der Waals surface area contributed by atoms with Crippen LogP contribution in [0.1, 0.15) is 62.7 Å². The third-order valence-corrected chi connectivity index (χ3v) is 5.80. The highest BCUT2D eigenvalue weighted by atomic mass is 16.2. The van der Waals surface area contributed by atoms with E-state index >= 15 is 0 Å². The molecule has 2 aliphatic rings. The van der Waals surface area contributed by atoms with Crippen molar-refractivity contribution >= 4 is 17.6 Å². The smallest absolute Gasteiger partial charge is 0.256 e. The molecule has 1 unspecified atom stereocenters. The highest BCUT2D eigenvalue weighted by Gasteiger charge is 2.36. The van der Waals surface area contributed by atoms with Crippen molar-refractivity contribution in [3.63, 3.8) is 0 Å². The number of likely N-dealkylation sites (N-methyl/N-ethyl adjacent to an activating group) is 1. The lowest BCUT2D eigenvalue weighted by atomic mass is 10.1. The van der Waals surface area contributed by atoms with Crippen molar-refractivity contribution in [1.82, 2.24) is 14.8 Å². The lowest BCUT2D eigenvalue weighted by molar-refractivity contribution is -0.134. The first-order valence-electron chi connectivity index (χ1n) is 10.5. The van der Waals surface area contributed by atoms with Crippen LogP contribution in [0.5, 0.6) is 0 Å². The Bertz CT molecular complexity index is 634. The van der Waals surface area contributed by atoms with Gasteiger partial charge in [-0.15, -0.1) is 0 Å². The van der Waals surface area contributed by atoms with Crippen molar-refractivity contribution in [3.05, 3.63) is 23.9 Å². The minimum Gasteiger partial charge on any atom is -0.357 e. The van der Waals surface area contributed by atoms with Crippen molar-refractivity contribution < 1.29 is 9.59 Å². The van der Waals surface area contributed by atoms with Crippen molar-refractivity contribution in [2.75, 3.05) is 37.6 Å². The summed E-state index contributed by atoms with van der Waals surface area (Å²) in [5.41, 5.74) is 0.577. The summed E-state index contributed by atoms with van der Waals surface area (Å²) in [5, 5.41) is 0. The number of likely N-dealkylation sites (tertiary alicyclic amines) is 1. The SMILES string of the molecule is CCN(CC)C(=O)C1CCCN1C(=O)c1ccc(N2CCCCCC2)nc1. The summed E-state index contributed by atoms with van der Waals surface area (Å²) in [4.78, 5) is 36.2. The van der Waals surface area contributed by atoms with Crippen molar-refractivity contribution in [1.29, 1.82) is 0 Å². The standard InChI is InChI=1S/C21H32N4O2/c1-3-23(4-2)21(27)18-10-9-15-25(18)20(26)17-11-12-19(22-16-17)24-13-7-5-6-8-14-24/h11-12,16,18H,3-10,13-15H2,1-2H3.